The summed E-state index contributed by atoms with van der Waals surface area (Å²) in [5.74, 6) is 0.347. The van der Waals surface area contributed by atoms with Crippen molar-refractivity contribution in [3.63, 3.8) is 0 Å². The largest absolute Gasteiger partial charge is 0.338 e. The van der Waals surface area contributed by atoms with E-state index in [9.17, 15) is 4.79 Å². The summed E-state index contributed by atoms with van der Waals surface area (Å²) in [4.78, 5) is 12.8. The predicted molar refractivity (Wildman–Crippen MR) is 50.9 cm³/mol. The monoisotopic (exact) mass is 173 g/mol. The van der Waals surface area contributed by atoms with E-state index >= 15 is 0 Å². The molecule has 0 saturated carbocycles. The Morgan fingerprint density at radius 1 is 1.64 bits per heavy atom. The van der Waals surface area contributed by atoms with E-state index in [0.717, 1.165) is 12.1 Å². The van der Waals surface area contributed by atoms with E-state index in [1.807, 2.05) is 13.8 Å². The van der Waals surface area contributed by atoms with Gasteiger partial charge in [0.2, 0.25) is 5.91 Å². The molecule has 0 N–H and O–H groups in total. The fourth-order valence-electron chi connectivity index (χ4n) is 0.802. The number of likely N-dealkylation sites (N-methyl/N-ethyl adjacent to an activating group) is 1. The van der Waals surface area contributed by atoms with Crippen LogP contribution in [0.3, 0.4) is 0 Å². The first-order valence-electron chi connectivity index (χ1n) is 3.64. The molecule has 0 unspecified atom stereocenters. The van der Waals surface area contributed by atoms with Crippen molar-refractivity contribution in [3.8, 4) is 0 Å². The van der Waals surface area contributed by atoms with Gasteiger partial charge in [0.15, 0.2) is 0 Å². The molecule has 0 aliphatic carbocycles. The molecule has 0 aliphatic rings. The van der Waals surface area contributed by atoms with Gasteiger partial charge < -0.3 is 4.90 Å². The minimum atomic E-state index is 0.0684. The Kier molecular flexibility index (Phi) is 5.03. The van der Waals surface area contributed by atoms with Gasteiger partial charge in [-0.2, -0.15) is 12.6 Å². The molecule has 64 valence electrons. The summed E-state index contributed by atoms with van der Waals surface area (Å²) < 4.78 is 0. The van der Waals surface area contributed by atoms with Gasteiger partial charge in [-0.1, -0.05) is 12.2 Å². The van der Waals surface area contributed by atoms with Crippen LogP contribution < -0.4 is 0 Å². The van der Waals surface area contributed by atoms with Crippen molar-refractivity contribution < 1.29 is 4.79 Å². The molecule has 0 atom stereocenters. The summed E-state index contributed by atoms with van der Waals surface area (Å²) in [7, 11) is 0. The molecular formula is C8H15NOS. The quantitative estimate of drug-likeness (QED) is 0.502. The van der Waals surface area contributed by atoms with Crippen molar-refractivity contribution in [2.75, 3.05) is 18.8 Å². The van der Waals surface area contributed by atoms with Crippen LogP contribution in [-0.4, -0.2) is 29.6 Å². The number of hydrogen-bond acceptors (Lipinski definition) is 2. The second-order valence-corrected chi connectivity index (χ2v) is 2.84. The van der Waals surface area contributed by atoms with E-state index < -0.39 is 0 Å². The summed E-state index contributed by atoms with van der Waals surface area (Å²) in [6.07, 6.45) is 0. The third-order valence-electron chi connectivity index (χ3n) is 1.33. The molecule has 0 aliphatic heterocycles. The first kappa shape index (κ1) is 10.6. The number of nitrogens with zero attached hydrogens (tertiary/aromatic N) is 1. The van der Waals surface area contributed by atoms with Crippen LogP contribution in [0.5, 0.6) is 0 Å². The topological polar surface area (TPSA) is 20.3 Å². The molecule has 0 aromatic rings. The highest BCUT2D eigenvalue weighted by Crippen LogP contribution is 1.97. The van der Waals surface area contributed by atoms with Crippen LogP contribution in [-0.2, 0) is 4.79 Å². The van der Waals surface area contributed by atoms with Crippen LogP contribution in [0.2, 0.25) is 0 Å². The molecule has 0 rings (SSSR count). The van der Waals surface area contributed by atoms with Gasteiger partial charge in [0.1, 0.15) is 0 Å². The van der Waals surface area contributed by atoms with Crippen molar-refractivity contribution in [2.24, 2.45) is 0 Å². The standard InChI is InChI=1S/C8H15NOS/c1-4-9(5-7(2)3)8(10)6-11/h11H,2,4-6H2,1,3H3. The molecule has 2 nitrogen and oxygen atoms in total. The number of amides is 1. The van der Waals surface area contributed by atoms with Crippen LogP contribution in [0.25, 0.3) is 0 Å². The zero-order chi connectivity index (χ0) is 8.85. The second-order valence-electron chi connectivity index (χ2n) is 2.52. The van der Waals surface area contributed by atoms with Crippen LogP contribution >= 0.6 is 12.6 Å². The van der Waals surface area contributed by atoms with E-state index in [0.29, 0.717) is 6.54 Å². The Labute approximate surface area is 73.7 Å². The summed E-state index contributed by atoms with van der Waals surface area (Å²) in [5, 5.41) is 0. The van der Waals surface area contributed by atoms with E-state index in [-0.39, 0.29) is 11.7 Å². The first-order valence-corrected chi connectivity index (χ1v) is 4.28. The summed E-state index contributed by atoms with van der Waals surface area (Å²) in [6, 6.07) is 0. The van der Waals surface area contributed by atoms with Gasteiger partial charge in [-0.05, 0) is 13.8 Å². The van der Waals surface area contributed by atoms with E-state index in [2.05, 4.69) is 19.2 Å². The van der Waals surface area contributed by atoms with Crippen molar-refractivity contribution >= 4 is 18.5 Å². The lowest BCUT2D eigenvalue weighted by atomic mass is 10.3. The second kappa shape index (κ2) is 5.24. The lowest BCUT2D eigenvalue weighted by molar-refractivity contribution is -0.127. The van der Waals surface area contributed by atoms with Crippen molar-refractivity contribution in [2.45, 2.75) is 13.8 Å². The third kappa shape index (κ3) is 4.09. The van der Waals surface area contributed by atoms with Crippen LogP contribution in [0.1, 0.15) is 13.8 Å². The fourth-order valence-corrected chi connectivity index (χ4v) is 1.00. The molecule has 0 aromatic heterocycles. The SMILES string of the molecule is C=C(C)CN(CC)C(=O)CS. The average molecular weight is 173 g/mol. The van der Waals surface area contributed by atoms with Gasteiger partial charge in [0.05, 0.1) is 5.75 Å². The van der Waals surface area contributed by atoms with Crippen molar-refractivity contribution in [1.82, 2.24) is 4.90 Å². The highest BCUT2D eigenvalue weighted by Gasteiger charge is 2.07. The smallest absolute Gasteiger partial charge is 0.232 e. The van der Waals surface area contributed by atoms with Gasteiger partial charge in [-0.15, -0.1) is 0 Å². The fraction of sp³-hybridized carbons (Fsp3) is 0.625. The van der Waals surface area contributed by atoms with Crippen molar-refractivity contribution in [1.29, 1.82) is 0 Å². The molecule has 0 aromatic carbocycles. The van der Waals surface area contributed by atoms with E-state index in [4.69, 9.17) is 0 Å². The molecule has 3 heteroatoms. The molecule has 0 heterocycles. The van der Waals surface area contributed by atoms with Gasteiger partial charge >= 0.3 is 0 Å². The molecule has 11 heavy (non-hydrogen) atoms. The summed E-state index contributed by atoms with van der Waals surface area (Å²) >= 11 is 3.91. The highest BCUT2D eigenvalue weighted by molar-refractivity contribution is 7.81. The van der Waals surface area contributed by atoms with Crippen molar-refractivity contribution in [3.05, 3.63) is 12.2 Å². The normalized spacial score (nSPS) is 9.36. The maximum atomic E-state index is 11.1. The maximum absolute atomic E-state index is 11.1. The lowest BCUT2D eigenvalue weighted by Crippen LogP contribution is -2.32. The first-order chi connectivity index (χ1) is 5.11. The average Bonchev–Trinajstić information content (AvgIpc) is 1.98. The minimum absolute atomic E-state index is 0.0684. The highest BCUT2D eigenvalue weighted by atomic mass is 32.1. The minimum Gasteiger partial charge on any atom is -0.338 e. The van der Waals surface area contributed by atoms with E-state index in [1.165, 1.54) is 0 Å². The Hall–Kier alpha value is -0.440. The lowest BCUT2D eigenvalue weighted by Gasteiger charge is -2.19. The third-order valence-corrected chi connectivity index (χ3v) is 1.60. The Morgan fingerprint density at radius 2 is 2.18 bits per heavy atom. The van der Waals surface area contributed by atoms with Gasteiger partial charge in [-0.3, -0.25) is 4.79 Å². The molecule has 0 radical (unpaired) electrons. The van der Waals surface area contributed by atoms with Gasteiger partial charge in [0.25, 0.3) is 0 Å². The Morgan fingerprint density at radius 3 is 2.45 bits per heavy atom. The van der Waals surface area contributed by atoms with E-state index in [1.54, 1.807) is 4.90 Å². The number of thiol groups is 1. The Bertz CT molecular complexity index is 156. The summed E-state index contributed by atoms with van der Waals surface area (Å²) in [6.45, 7) is 8.98. The van der Waals surface area contributed by atoms with Gasteiger partial charge in [-0.25, -0.2) is 0 Å². The number of carbonyl (C=O) groups is 1. The summed E-state index contributed by atoms with van der Waals surface area (Å²) in [5.41, 5.74) is 1.00. The molecular weight excluding hydrogens is 158 g/mol. The number of hydrogen-bond donors (Lipinski definition) is 1. The van der Waals surface area contributed by atoms with Crippen LogP contribution in [0.15, 0.2) is 12.2 Å². The zero-order valence-corrected chi connectivity index (χ0v) is 8.03. The molecule has 0 fully saturated rings. The number of carbonyl (C=O) groups excluding carboxylic acids is 1. The zero-order valence-electron chi connectivity index (χ0n) is 7.13. The molecule has 0 spiro atoms. The number of rotatable bonds is 4. The Balaban J connectivity index is 3.94. The van der Waals surface area contributed by atoms with Crippen LogP contribution in [0.4, 0.5) is 0 Å². The van der Waals surface area contributed by atoms with Gasteiger partial charge in [0, 0.05) is 13.1 Å². The maximum Gasteiger partial charge on any atom is 0.232 e. The van der Waals surface area contributed by atoms with Crippen LogP contribution in [0, 0.1) is 0 Å². The molecule has 0 saturated heterocycles. The molecule has 1 amide bonds. The predicted octanol–water partition coefficient (Wildman–Crippen LogP) is 1.34. The molecule has 0 bridgehead atoms.